The van der Waals surface area contributed by atoms with E-state index in [9.17, 15) is 5.11 Å². The Labute approximate surface area is 143 Å². The second kappa shape index (κ2) is 7.83. The average Bonchev–Trinajstić information content (AvgIpc) is 2.67. The third kappa shape index (κ3) is 3.34. The van der Waals surface area contributed by atoms with E-state index in [4.69, 9.17) is 4.74 Å². The number of hydrogen-bond acceptors (Lipinski definition) is 5. The van der Waals surface area contributed by atoms with Crippen LogP contribution in [0, 0.1) is 0 Å². The van der Waals surface area contributed by atoms with Gasteiger partial charge in [-0.2, -0.15) is 0 Å². The van der Waals surface area contributed by atoms with Crippen LogP contribution in [0.2, 0.25) is 0 Å². The number of ether oxygens (including phenoxy) is 1. The van der Waals surface area contributed by atoms with Crippen molar-refractivity contribution in [1.29, 1.82) is 0 Å². The molecule has 5 nitrogen and oxygen atoms in total. The Kier molecular flexibility index (Phi) is 5.56. The van der Waals surface area contributed by atoms with E-state index in [0.29, 0.717) is 13.2 Å². The van der Waals surface area contributed by atoms with Gasteiger partial charge in [-0.3, -0.25) is 14.9 Å². The van der Waals surface area contributed by atoms with E-state index in [-0.39, 0.29) is 6.04 Å². The lowest BCUT2D eigenvalue weighted by Crippen LogP contribution is -2.54. The zero-order valence-corrected chi connectivity index (χ0v) is 14.1. The van der Waals surface area contributed by atoms with Crippen molar-refractivity contribution in [1.82, 2.24) is 14.9 Å². The highest BCUT2D eigenvalue weighted by molar-refractivity contribution is 5.35. The van der Waals surface area contributed by atoms with Gasteiger partial charge in [0.05, 0.1) is 13.2 Å². The van der Waals surface area contributed by atoms with Gasteiger partial charge in [-0.05, 0) is 18.6 Å². The number of nitrogens with zero attached hydrogens (tertiary/aromatic N) is 3. The predicted octanol–water partition coefficient (Wildman–Crippen LogP) is 2.21. The Bertz CT molecular complexity index is 576. The lowest BCUT2D eigenvalue weighted by Gasteiger charge is -2.44. The molecule has 0 spiro atoms. The fraction of sp³-hybridized carbons (Fsp3) is 0.474. The van der Waals surface area contributed by atoms with Gasteiger partial charge in [0.15, 0.2) is 0 Å². The van der Waals surface area contributed by atoms with E-state index in [2.05, 4.69) is 21.8 Å². The highest BCUT2D eigenvalue weighted by Crippen LogP contribution is 2.37. The summed E-state index contributed by atoms with van der Waals surface area (Å²) in [5.74, 6) is 0. The molecule has 3 rings (SSSR count). The maximum Gasteiger partial charge on any atom is 0.133 e. The topological polar surface area (TPSA) is 58.5 Å². The fourth-order valence-corrected chi connectivity index (χ4v) is 3.55. The Morgan fingerprint density at radius 2 is 1.71 bits per heavy atom. The molecule has 0 radical (unpaired) electrons. The minimum Gasteiger partial charge on any atom is -0.379 e. The number of rotatable bonds is 6. The average molecular weight is 327 g/mol. The van der Waals surface area contributed by atoms with E-state index in [1.54, 1.807) is 24.8 Å². The molecule has 3 heterocycles. The molecule has 1 unspecified atom stereocenters. The predicted molar refractivity (Wildman–Crippen MR) is 92.6 cm³/mol. The van der Waals surface area contributed by atoms with Crippen molar-refractivity contribution in [3.05, 3.63) is 60.2 Å². The van der Waals surface area contributed by atoms with Crippen LogP contribution in [0.1, 0.15) is 30.9 Å². The van der Waals surface area contributed by atoms with Gasteiger partial charge in [-0.15, -0.1) is 0 Å². The molecule has 24 heavy (non-hydrogen) atoms. The monoisotopic (exact) mass is 327 g/mol. The summed E-state index contributed by atoms with van der Waals surface area (Å²) in [6, 6.07) is 7.60. The number of morpholine rings is 1. The van der Waals surface area contributed by atoms with Gasteiger partial charge in [0.2, 0.25) is 0 Å². The molecule has 0 bridgehead atoms. The molecule has 1 fully saturated rings. The summed E-state index contributed by atoms with van der Waals surface area (Å²) in [6.45, 7) is 5.22. The minimum absolute atomic E-state index is 0.0419. The summed E-state index contributed by atoms with van der Waals surface area (Å²) in [7, 11) is 0. The lowest BCUT2D eigenvalue weighted by molar-refractivity contribution is -0.0632. The van der Waals surface area contributed by atoms with Crippen LogP contribution in [-0.2, 0) is 10.3 Å². The van der Waals surface area contributed by atoms with Crippen molar-refractivity contribution in [2.75, 3.05) is 26.3 Å². The Hall–Kier alpha value is -1.82. The van der Waals surface area contributed by atoms with Gasteiger partial charge in [0.1, 0.15) is 5.60 Å². The van der Waals surface area contributed by atoms with Crippen LogP contribution >= 0.6 is 0 Å². The summed E-state index contributed by atoms with van der Waals surface area (Å²) in [5.41, 5.74) is 0.474. The molecule has 0 saturated carbocycles. The molecular weight excluding hydrogens is 302 g/mol. The molecule has 2 aromatic heterocycles. The van der Waals surface area contributed by atoms with Gasteiger partial charge in [0, 0.05) is 55.0 Å². The standard InChI is InChI=1S/C19H25N3O2/c1-2-5-18(22-10-12-24-13-11-22)19(23,16-6-3-8-20-14-16)17-7-4-9-21-15-17/h3-4,6-9,14-15,18,23H,2,5,10-13H2,1H3. The van der Waals surface area contributed by atoms with Gasteiger partial charge in [0.25, 0.3) is 0 Å². The molecule has 1 aliphatic rings. The molecule has 1 N–H and O–H groups in total. The first-order valence-electron chi connectivity index (χ1n) is 8.62. The maximum atomic E-state index is 11.9. The Balaban J connectivity index is 2.08. The van der Waals surface area contributed by atoms with Crippen LogP contribution < -0.4 is 0 Å². The summed E-state index contributed by atoms with van der Waals surface area (Å²) < 4.78 is 5.50. The summed E-state index contributed by atoms with van der Waals surface area (Å²) >= 11 is 0. The maximum absolute atomic E-state index is 11.9. The molecule has 128 valence electrons. The van der Waals surface area contributed by atoms with Crippen LogP contribution in [-0.4, -0.2) is 52.3 Å². The third-order valence-electron chi connectivity index (χ3n) is 4.73. The van der Waals surface area contributed by atoms with Crippen LogP contribution in [0.5, 0.6) is 0 Å². The quantitative estimate of drug-likeness (QED) is 0.881. The third-order valence-corrected chi connectivity index (χ3v) is 4.73. The SMILES string of the molecule is CCCC(N1CCOCC1)C(O)(c1cccnc1)c1cccnc1. The lowest BCUT2D eigenvalue weighted by atomic mass is 9.78. The number of aliphatic hydroxyl groups is 1. The van der Waals surface area contributed by atoms with Crippen LogP contribution in [0.25, 0.3) is 0 Å². The molecule has 0 amide bonds. The summed E-state index contributed by atoms with van der Waals surface area (Å²) in [6.07, 6.45) is 8.87. The zero-order chi connectivity index (χ0) is 16.8. The van der Waals surface area contributed by atoms with Crippen LogP contribution in [0.4, 0.5) is 0 Å². The minimum atomic E-state index is -1.14. The first-order valence-corrected chi connectivity index (χ1v) is 8.62. The number of hydrogen-bond donors (Lipinski definition) is 1. The largest absolute Gasteiger partial charge is 0.379 e. The molecule has 1 aliphatic heterocycles. The van der Waals surface area contributed by atoms with E-state index in [1.165, 1.54) is 0 Å². The van der Waals surface area contributed by atoms with Gasteiger partial charge in [-0.25, -0.2) is 0 Å². The van der Waals surface area contributed by atoms with Gasteiger partial charge in [-0.1, -0.05) is 25.5 Å². The molecule has 1 atom stereocenters. The van der Waals surface area contributed by atoms with Crippen LogP contribution in [0.3, 0.4) is 0 Å². The fourth-order valence-electron chi connectivity index (χ4n) is 3.55. The van der Waals surface area contributed by atoms with Crippen molar-refractivity contribution in [2.45, 2.75) is 31.4 Å². The molecule has 2 aromatic rings. The summed E-state index contributed by atoms with van der Waals surface area (Å²) in [5, 5.41) is 11.9. The highest BCUT2D eigenvalue weighted by Gasteiger charge is 2.43. The van der Waals surface area contributed by atoms with Crippen LogP contribution in [0.15, 0.2) is 49.1 Å². The second-order valence-electron chi connectivity index (χ2n) is 6.20. The van der Waals surface area contributed by atoms with Crippen molar-refractivity contribution in [3.63, 3.8) is 0 Å². The van der Waals surface area contributed by atoms with Gasteiger partial charge >= 0.3 is 0 Å². The molecular formula is C19H25N3O2. The van der Waals surface area contributed by atoms with Crippen molar-refractivity contribution in [3.8, 4) is 0 Å². The molecule has 0 aliphatic carbocycles. The van der Waals surface area contributed by atoms with Gasteiger partial charge < -0.3 is 9.84 Å². The van der Waals surface area contributed by atoms with E-state index in [1.807, 2.05) is 24.3 Å². The van der Waals surface area contributed by atoms with Crippen molar-refractivity contribution < 1.29 is 9.84 Å². The van der Waals surface area contributed by atoms with E-state index in [0.717, 1.165) is 37.1 Å². The second-order valence-corrected chi connectivity index (χ2v) is 6.20. The smallest absolute Gasteiger partial charge is 0.133 e. The number of aromatic nitrogens is 2. The number of pyridine rings is 2. The van der Waals surface area contributed by atoms with Crippen molar-refractivity contribution in [2.24, 2.45) is 0 Å². The highest BCUT2D eigenvalue weighted by atomic mass is 16.5. The molecule has 0 aromatic carbocycles. The van der Waals surface area contributed by atoms with E-state index >= 15 is 0 Å². The normalized spacial score (nSPS) is 17.6. The van der Waals surface area contributed by atoms with E-state index < -0.39 is 5.60 Å². The Morgan fingerprint density at radius 1 is 1.12 bits per heavy atom. The zero-order valence-electron chi connectivity index (χ0n) is 14.1. The summed E-state index contributed by atoms with van der Waals surface area (Å²) in [4.78, 5) is 10.8. The first-order chi connectivity index (χ1) is 11.8. The Morgan fingerprint density at radius 3 is 2.17 bits per heavy atom. The first kappa shape index (κ1) is 17.0. The van der Waals surface area contributed by atoms with Crippen molar-refractivity contribution >= 4 is 0 Å². The molecule has 1 saturated heterocycles. The molecule has 5 heteroatoms.